The Kier molecular flexibility index (Phi) is 5.43. The second-order valence-electron chi connectivity index (χ2n) is 6.03. The summed E-state index contributed by atoms with van der Waals surface area (Å²) >= 11 is 0. The molecule has 0 saturated heterocycles. The van der Waals surface area contributed by atoms with Gasteiger partial charge in [-0.1, -0.05) is 30.3 Å². The van der Waals surface area contributed by atoms with Crippen molar-refractivity contribution in [3.63, 3.8) is 0 Å². The fourth-order valence-electron chi connectivity index (χ4n) is 2.36. The average molecular weight is 347 g/mol. The minimum absolute atomic E-state index is 0.239. The van der Waals surface area contributed by atoms with E-state index in [2.05, 4.69) is 20.6 Å². The maximum absolute atomic E-state index is 12.3. The predicted octanol–water partition coefficient (Wildman–Crippen LogP) is 3.41. The lowest BCUT2D eigenvalue weighted by atomic mass is 10.2. The Morgan fingerprint density at radius 1 is 0.962 bits per heavy atom. The summed E-state index contributed by atoms with van der Waals surface area (Å²) in [6, 6.07) is 17.6. The Morgan fingerprint density at radius 3 is 2.23 bits per heavy atom. The Hall–Kier alpha value is -3.41. The molecule has 0 aliphatic heterocycles. The zero-order valence-electron chi connectivity index (χ0n) is 14.8. The highest BCUT2D eigenvalue weighted by Gasteiger charge is 2.08. The number of amides is 1. The summed E-state index contributed by atoms with van der Waals surface area (Å²) in [4.78, 5) is 22.7. The maximum atomic E-state index is 12.3. The van der Waals surface area contributed by atoms with Crippen LogP contribution in [0.1, 0.15) is 15.9 Å². The number of hydrogen-bond donors (Lipinski definition) is 2. The lowest BCUT2D eigenvalue weighted by Gasteiger charge is -2.13. The predicted molar refractivity (Wildman–Crippen MR) is 105 cm³/mol. The van der Waals surface area contributed by atoms with Crippen LogP contribution in [0.4, 0.5) is 17.3 Å². The summed E-state index contributed by atoms with van der Waals surface area (Å²) in [6.07, 6.45) is 3.04. The molecular weight excluding hydrogens is 326 g/mol. The van der Waals surface area contributed by atoms with Gasteiger partial charge in [-0.2, -0.15) is 0 Å². The van der Waals surface area contributed by atoms with E-state index in [0.717, 1.165) is 16.9 Å². The van der Waals surface area contributed by atoms with E-state index in [1.165, 1.54) is 12.4 Å². The molecule has 0 fully saturated rings. The third-order valence-corrected chi connectivity index (χ3v) is 3.85. The van der Waals surface area contributed by atoms with Gasteiger partial charge in [-0.3, -0.25) is 4.79 Å². The topological polar surface area (TPSA) is 70.2 Å². The van der Waals surface area contributed by atoms with Crippen LogP contribution in [0.2, 0.25) is 0 Å². The molecule has 0 radical (unpaired) electrons. The van der Waals surface area contributed by atoms with Crippen molar-refractivity contribution in [3.05, 3.63) is 78.1 Å². The van der Waals surface area contributed by atoms with E-state index in [-0.39, 0.29) is 5.91 Å². The van der Waals surface area contributed by atoms with Gasteiger partial charge in [-0.05, 0) is 29.8 Å². The van der Waals surface area contributed by atoms with Gasteiger partial charge < -0.3 is 15.5 Å². The number of nitrogens with one attached hydrogen (secondary N) is 2. The standard InChI is InChI=1S/C20H21N5O/c1-25(2)18-10-8-17(9-11-18)24-19(26)16-13-22-20(23-14-16)21-12-15-6-4-3-5-7-15/h3-11,13-14H,12H2,1-2H3,(H,24,26)(H,21,22,23). The molecule has 6 heteroatoms. The van der Waals surface area contributed by atoms with Gasteiger partial charge in [-0.25, -0.2) is 9.97 Å². The Balaban J connectivity index is 1.58. The van der Waals surface area contributed by atoms with Crippen molar-refractivity contribution in [1.29, 1.82) is 0 Å². The molecule has 2 N–H and O–H groups in total. The first-order valence-electron chi connectivity index (χ1n) is 8.30. The van der Waals surface area contributed by atoms with Gasteiger partial charge in [0.05, 0.1) is 5.56 Å². The maximum Gasteiger partial charge on any atom is 0.258 e. The molecule has 0 spiro atoms. The van der Waals surface area contributed by atoms with Gasteiger partial charge in [-0.15, -0.1) is 0 Å². The van der Waals surface area contributed by atoms with E-state index < -0.39 is 0 Å². The first-order chi connectivity index (χ1) is 12.6. The average Bonchev–Trinajstić information content (AvgIpc) is 2.68. The zero-order valence-corrected chi connectivity index (χ0v) is 14.8. The lowest BCUT2D eigenvalue weighted by Crippen LogP contribution is -2.14. The molecule has 2 aromatic carbocycles. The number of rotatable bonds is 6. The fraction of sp³-hybridized carbons (Fsp3) is 0.150. The highest BCUT2D eigenvalue weighted by molar-refractivity contribution is 6.03. The van der Waals surface area contributed by atoms with Crippen molar-refractivity contribution in [3.8, 4) is 0 Å². The van der Waals surface area contributed by atoms with Crippen molar-refractivity contribution >= 4 is 23.2 Å². The highest BCUT2D eigenvalue weighted by atomic mass is 16.1. The van der Waals surface area contributed by atoms with Crippen molar-refractivity contribution in [2.45, 2.75) is 6.54 Å². The van der Waals surface area contributed by atoms with E-state index in [9.17, 15) is 4.79 Å². The molecule has 0 aliphatic rings. The number of benzene rings is 2. The molecule has 3 aromatic rings. The second-order valence-corrected chi connectivity index (χ2v) is 6.03. The molecule has 26 heavy (non-hydrogen) atoms. The minimum Gasteiger partial charge on any atom is -0.378 e. The van der Waals surface area contributed by atoms with Crippen molar-refractivity contribution in [2.24, 2.45) is 0 Å². The Bertz CT molecular complexity index is 846. The largest absolute Gasteiger partial charge is 0.378 e. The fourth-order valence-corrected chi connectivity index (χ4v) is 2.36. The van der Waals surface area contributed by atoms with E-state index in [1.807, 2.05) is 73.6 Å². The summed E-state index contributed by atoms with van der Waals surface area (Å²) in [6.45, 7) is 0.630. The molecule has 1 heterocycles. The number of aromatic nitrogens is 2. The molecule has 132 valence electrons. The number of anilines is 3. The first kappa shape index (κ1) is 17.4. The number of carbonyl (C=O) groups is 1. The van der Waals surface area contributed by atoms with Crippen LogP contribution in [0, 0.1) is 0 Å². The van der Waals surface area contributed by atoms with E-state index in [0.29, 0.717) is 18.1 Å². The molecule has 0 aliphatic carbocycles. The Labute approximate surface area is 152 Å². The lowest BCUT2D eigenvalue weighted by molar-refractivity contribution is 0.102. The highest BCUT2D eigenvalue weighted by Crippen LogP contribution is 2.16. The molecular formula is C20H21N5O. The normalized spacial score (nSPS) is 10.2. The van der Waals surface area contributed by atoms with E-state index in [4.69, 9.17) is 0 Å². The van der Waals surface area contributed by atoms with Crippen molar-refractivity contribution < 1.29 is 4.79 Å². The van der Waals surface area contributed by atoms with Crippen LogP contribution in [-0.2, 0) is 6.54 Å². The summed E-state index contributed by atoms with van der Waals surface area (Å²) in [5.41, 5.74) is 3.35. The third-order valence-electron chi connectivity index (χ3n) is 3.85. The van der Waals surface area contributed by atoms with Crippen LogP contribution in [0.3, 0.4) is 0 Å². The summed E-state index contributed by atoms with van der Waals surface area (Å²) in [5.74, 6) is 0.248. The molecule has 1 aromatic heterocycles. The van der Waals surface area contributed by atoms with E-state index >= 15 is 0 Å². The molecule has 0 unspecified atom stereocenters. The van der Waals surface area contributed by atoms with Gasteiger partial charge in [0.2, 0.25) is 5.95 Å². The van der Waals surface area contributed by atoms with Gasteiger partial charge in [0.25, 0.3) is 5.91 Å². The first-order valence-corrected chi connectivity index (χ1v) is 8.30. The third kappa shape index (κ3) is 4.57. The number of hydrogen-bond acceptors (Lipinski definition) is 5. The molecule has 1 amide bonds. The Morgan fingerprint density at radius 2 is 1.62 bits per heavy atom. The molecule has 6 nitrogen and oxygen atoms in total. The SMILES string of the molecule is CN(C)c1ccc(NC(=O)c2cnc(NCc3ccccc3)nc2)cc1. The quantitative estimate of drug-likeness (QED) is 0.715. The summed E-state index contributed by atoms with van der Waals surface area (Å²) < 4.78 is 0. The van der Waals surface area contributed by atoms with Crippen molar-refractivity contribution in [1.82, 2.24) is 9.97 Å². The van der Waals surface area contributed by atoms with Gasteiger partial charge >= 0.3 is 0 Å². The van der Waals surface area contributed by atoms with Gasteiger partial charge in [0, 0.05) is 44.4 Å². The monoisotopic (exact) mass is 347 g/mol. The van der Waals surface area contributed by atoms with Crippen LogP contribution in [0.5, 0.6) is 0 Å². The van der Waals surface area contributed by atoms with Crippen LogP contribution in [0.15, 0.2) is 67.0 Å². The smallest absolute Gasteiger partial charge is 0.258 e. The van der Waals surface area contributed by atoms with Gasteiger partial charge in [0.1, 0.15) is 0 Å². The van der Waals surface area contributed by atoms with Crippen molar-refractivity contribution in [2.75, 3.05) is 29.6 Å². The summed E-state index contributed by atoms with van der Waals surface area (Å²) in [7, 11) is 3.94. The number of carbonyl (C=O) groups excluding carboxylic acids is 1. The van der Waals surface area contributed by atoms with Crippen LogP contribution in [0.25, 0.3) is 0 Å². The van der Waals surface area contributed by atoms with Gasteiger partial charge in [0.15, 0.2) is 0 Å². The number of nitrogens with zero attached hydrogens (tertiary/aromatic N) is 3. The van der Waals surface area contributed by atoms with Crippen LogP contribution in [-0.4, -0.2) is 30.0 Å². The molecule has 0 saturated carbocycles. The summed E-state index contributed by atoms with van der Waals surface area (Å²) in [5, 5.41) is 5.98. The molecule has 0 atom stereocenters. The zero-order chi connectivity index (χ0) is 18.4. The minimum atomic E-state index is -0.239. The van der Waals surface area contributed by atoms with Crippen LogP contribution >= 0.6 is 0 Å². The van der Waals surface area contributed by atoms with E-state index in [1.54, 1.807) is 0 Å². The van der Waals surface area contributed by atoms with Crippen LogP contribution < -0.4 is 15.5 Å². The second kappa shape index (κ2) is 8.11. The molecule has 3 rings (SSSR count). The molecule has 0 bridgehead atoms.